The van der Waals surface area contributed by atoms with Gasteiger partial charge in [0.05, 0.1) is 0 Å². The van der Waals surface area contributed by atoms with E-state index in [1.807, 2.05) is 35.7 Å². The van der Waals surface area contributed by atoms with E-state index in [1.54, 1.807) is 0 Å². The minimum atomic E-state index is -5.28. The third-order valence-electron chi connectivity index (χ3n) is 4.53. The van der Waals surface area contributed by atoms with Crippen molar-refractivity contribution in [3.63, 3.8) is 0 Å². The zero-order valence-corrected chi connectivity index (χ0v) is 19.3. The van der Waals surface area contributed by atoms with Crippen molar-refractivity contribution in [2.45, 2.75) is 37.9 Å². The van der Waals surface area contributed by atoms with Gasteiger partial charge in [-0.15, -0.1) is 34.2 Å². The Balaban J connectivity index is 0.00000320. The fourth-order valence-corrected chi connectivity index (χ4v) is 4.03. The number of hydrogen-bond donors (Lipinski definition) is 2. The SMILES string of the molecule is CCNC(=NCc1nnc2ccccn12)NC1CCN(S(=O)(=O)C(F)(F)F)CC1.I. The molecule has 168 valence electrons. The molecule has 3 heterocycles. The van der Waals surface area contributed by atoms with Gasteiger partial charge in [0.25, 0.3) is 0 Å². The first-order valence-corrected chi connectivity index (χ1v) is 10.6. The molecule has 2 aromatic rings. The molecule has 1 aliphatic heterocycles. The van der Waals surface area contributed by atoms with Crippen LogP contribution in [0.4, 0.5) is 13.2 Å². The van der Waals surface area contributed by atoms with Gasteiger partial charge in [-0.3, -0.25) is 4.40 Å². The van der Waals surface area contributed by atoms with E-state index in [2.05, 4.69) is 25.8 Å². The maximum Gasteiger partial charge on any atom is 0.511 e. The van der Waals surface area contributed by atoms with Crippen LogP contribution in [0.1, 0.15) is 25.6 Å². The normalized spacial score (nSPS) is 17.0. The lowest BCUT2D eigenvalue weighted by molar-refractivity contribution is -0.0494. The van der Waals surface area contributed by atoms with Gasteiger partial charge in [-0.2, -0.15) is 17.5 Å². The summed E-state index contributed by atoms with van der Waals surface area (Å²) in [5, 5.41) is 14.4. The number of fused-ring (bicyclic) bond motifs is 1. The van der Waals surface area contributed by atoms with E-state index in [1.165, 1.54) is 0 Å². The first kappa shape index (κ1) is 24.6. The number of pyridine rings is 1. The maximum absolute atomic E-state index is 12.7. The molecule has 30 heavy (non-hydrogen) atoms. The van der Waals surface area contributed by atoms with Crippen molar-refractivity contribution in [2.24, 2.45) is 4.99 Å². The summed E-state index contributed by atoms with van der Waals surface area (Å²) in [5.41, 5.74) is -4.57. The number of guanidine groups is 1. The molecule has 0 bridgehead atoms. The zero-order valence-electron chi connectivity index (χ0n) is 16.1. The second-order valence-electron chi connectivity index (χ2n) is 6.51. The first-order chi connectivity index (χ1) is 13.7. The van der Waals surface area contributed by atoms with Crippen LogP contribution >= 0.6 is 24.0 Å². The van der Waals surface area contributed by atoms with Gasteiger partial charge in [0.15, 0.2) is 17.4 Å². The van der Waals surface area contributed by atoms with Gasteiger partial charge < -0.3 is 10.6 Å². The Morgan fingerprint density at radius 2 is 1.97 bits per heavy atom. The molecule has 0 saturated carbocycles. The van der Waals surface area contributed by atoms with Crippen molar-refractivity contribution >= 4 is 45.6 Å². The standard InChI is InChI=1S/C16H22F3N7O2S.HI/c1-2-20-15(21-11-14-24-23-13-5-3-4-8-26(13)14)22-12-6-9-25(10-7-12)29(27,28)16(17,18)19;/h3-5,8,12H,2,6-7,9-11H2,1H3,(H2,20,21,22);1H. The first-order valence-electron chi connectivity index (χ1n) is 9.12. The van der Waals surface area contributed by atoms with Gasteiger partial charge in [-0.25, -0.2) is 13.4 Å². The van der Waals surface area contributed by atoms with Crippen molar-refractivity contribution in [1.29, 1.82) is 0 Å². The topological polar surface area (TPSA) is 104 Å². The fourth-order valence-electron chi connectivity index (χ4n) is 3.05. The lowest BCUT2D eigenvalue weighted by Gasteiger charge is -2.32. The van der Waals surface area contributed by atoms with E-state index >= 15 is 0 Å². The second kappa shape index (κ2) is 10.1. The number of nitrogens with one attached hydrogen (secondary N) is 2. The summed E-state index contributed by atoms with van der Waals surface area (Å²) >= 11 is 0. The molecule has 0 aromatic carbocycles. The molecule has 3 rings (SSSR count). The summed E-state index contributed by atoms with van der Waals surface area (Å²) in [4.78, 5) is 4.47. The van der Waals surface area contributed by atoms with Gasteiger partial charge in [-0.1, -0.05) is 6.07 Å². The molecule has 1 saturated heterocycles. The molecule has 1 fully saturated rings. The number of nitrogens with zero attached hydrogens (tertiary/aromatic N) is 5. The summed E-state index contributed by atoms with van der Waals surface area (Å²) in [5.74, 6) is 1.13. The van der Waals surface area contributed by atoms with E-state index in [9.17, 15) is 21.6 Å². The van der Waals surface area contributed by atoms with Crippen LogP contribution < -0.4 is 10.6 Å². The quantitative estimate of drug-likeness (QED) is 0.328. The lowest BCUT2D eigenvalue weighted by atomic mass is 10.1. The molecule has 0 atom stereocenters. The molecule has 0 unspecified atom stereocenters. The predicted molar refractivity (Wildman–Crippen MR) is 116 cm³/mol. The van der Waals surface area contributed by atoms with Crippen molar-refractivity contribution in [3.8, 4) is 0 Å². The number of piperidine rings is 1. The van der Waals surface area contributed by atoms with Crippen LogP contribution in [-0.2, 0) is 16.6 Å². The zero-order chi connectivity index (χ0) is 21.1. The Hall–Kier alpha value is -1.68. The number of aromatic nitrogens is 3. The Morgan fingerprint density at radius 3 is 2.60 bits per heavy atom. The summed E-state index contributed by atoms with van der Waals surface area (Å²) < 4.78 is 63.4. The molecule has 0 amide bonds. The molecular weight excluding hydrogens is 538 g/mol. The van der Waals surface area contributed by atoms with Crippen molar-refractivity contribution in [3.05, 3.63) is 30.2 Å². The van der Waals surface area contributed by atoms with E-state index in [-0.39, 0.29) is 62.5 Å². The van der Waals surface area contributed by atoms with E-state index in [4.69, 9.17) is 0 Å². The number of rotatable bonds is 5. The average Bonchev–Trinajstić information content (AvgIpc) is 3.09. The van der Waals surface area contributed by atoms with Gasteiger partial charge in [0.1, 0.15) is 6.54 Å². The predicted octanol–water partition coefficient (Wildman–Crippen LogP) is 1.72. The second-order valence-corrected chi connectivity index (χ2v) is 8.44. The largest absolute Gasteiger partial charge is 0.511 e. The highest BCUT2D eigenvalue weighted by molar-refractivity contribution is 14.0. The van der Waals surface area contributed by atoms with Crippen LogP contribution in [0.25, 0.3) is 5.65 Å². The van der Waals surface area contributed by atoms with E-state index in [0.29, 0.717) is 28.3 Å². The van der Waals surface area contributed by atoms with Gasteiger partial charge >= 0.3 is 15.5 Å². The molecule has 0 aliphatic carbocycles. The van der Waals surface area contributed by atoms with E-state index < -0.39 is 15.5 Å². The summed E-state index contributed by atoms with van der Waals surface area (Å²) in [6.07, 6.45) is 2.32. The molecule has 0 radical (unpaired) electrons. The minimum Gasteiger partial charge on any atom is -0.357 e. The minimum absolute atomic E-state index is 0. The lowest BCUT2D eigenvalue weighted by Crippen LogP contribution is -2.51. The average molecular weight is 561 g/mol. The molecule has 14 heteroatoms. The Morgan fingerprint density at radius 1 is 1.27 bits per heavy atom. The highest BCUT2D eigenvalue weighted by Gasteiger charge is 2.50. The third kappa shape index (κ3) is 5.51. The van der Waals surface area contributed by atoms with Crippen molar-refractivity contribution in [2.75, 3.05) is 19.6 Å². The number of sulfonamides is 1. The maximum atomic E-state index is 12.7. The number of aliphatic imine (C=N–C) groups is 1. The van der Waals surface area contributed by atoms with Crippen LogP contribution in [0.15, 0.2) is 29.4 Å². The molecule has 2 aromatic heterocycles. The summed E-state index contributed by atoms with van der Waals surface area (Å²) in [6.45, 7) is 2.33. The van der Waals surface area contributed by atoms with Gasteiger partial charge in [0.2, 0.25) is 0 Å². The molecule has 1 aliphatic rings. The van der Waals surface area contributed by atoms with Crippen LogP contribution in [0.3, 0.4) is 0 Å². The third-order valence-corrected chi connectivity index (χ3v) is 6.16. The monoisotopic (exact) mass is 561 g/mol. The van der Waals surface area contributed by atoms with Crippen LogP contribution in [0.2, 0.25) is 0 Å². The molecule has 0 spiro atoms. The fraction of sp³-hybridized carbons (Fsp3) is 0.562. The molecule has 2 N–H and O–H groups in total. The van der Waals surface area contributed by atoms with Crippen LogP contribution in [-0.4, -0.2) is 64.5 Å². The Bertz CT molecular complexity index is 973. The Labute approximate surface area is 189 Å². The van der Waals surface area contributed by atoms with E-state index in [0.717, 1.165) is 0 Å². The highest BCUT2D eigenvalue weighted by Crippen LogP contribution is 2.28. The van der Waals surface area contributed by atoms with Crippen molar-refractivity contribution in [1.82, 2.24) is 29.5 Å². The molecule has 9 nitrogen and oxygen atoms in total. The number of hydrogen-bond acceptors (Lipinski definition) is 5. The summed E-state index contributed by atoms with van der Waals surface area (Å²) in [7, 11) is -5.28. The highest BCUT2D eigenvalue weighted by atomic mass is 127. The van der Waals surface area contributed by atoms with Crippen molar-refractivity contribution < 1.29 is 21.6 Å². The van der Waals surface area contributed by atoms with Gasteiger partial charge in [0, 0.05) is 31.9 Å². The number of alkyl halides is 3. The van der Waals surface area contributed by atoms with Crippen LogP contribution in [0.5, 0.6) is 0 Å². The number of halogens is 4. The van der Waals surface area contributed by atoms with Gasteiger partial charge in [-0.05, 0) is 31.9 Å². The summed E-state index contributed by atoms with van der Waals surface area (Å²) in [6, 6.07) is 5.35. The van der Waals surface area contributed by atoms with Crippen LogP contribution in [0, 0.1) is 0 Å². The smallest absolute Gasteiger partial charge is 0.357 e. The Kier molecular flexibility index (Phi) is 8.27. The molecular formula is C16H23F3IN7O2S.